The van der Waals surface area contributed by atoms with Crippen LogP contribution >= 0.6 is 0 Å². The summed E-state index contributed by atoms with van der Waals surface area (Å²) in [7, 11) is 0. The van der Waals surface area contributed by atoms with E-state index in [2.05, 4.69) is 17.2 Å². The largest absolute Gasteiger partial charge is 0.339 e. The van der Waals surface area contributed by atoms with Gasteiger partial charge in [-0.15, -0.1) is 0 Å². The average Bonchev–Trinajstić information content (AvgIpc) is 2.49. The summed E-state index contributed by atoms with van der Waals surface area (Å²) in [4.78, 5) is 7.30. The van der Waals surface area contributed by atoms with Crippen LogP contribution in [0.5, 0.6) is 0 Å². The van der Waals surface area contributed by atoms with Crippen molar-refractivity contribution in [3.05, 3.63) is 0 Å². The quantitative estimate of drug-likeness (QED) is 0.357. The SMILES string of the molecule is CCN(C(=NC1CCCCC1)NN)C1CCCCC1. The minimum absolute atomic E-state index is 0.484. The molecule has 0 atom stereocenters. The molecule has 0 unspecified atom stereocenters. The Kier molecular flexibility index (Phi) is 5.95. The van der Waals surface area contributed by atoms with Gasteiger partial charge in [0.1, 0.15) is 0 Å². The molecule has 3 N–H and O–H groups in total. The van der Waals surface area contributed by atoms with Crippen molar-refractivity contribution in [2.24, 2.45) is 10.8 Å². The second-order valence-corrected chi connectivity index (χ2v) is 5.97. The Morgan fingerprint density at radius 3 is 2.16 bits per heavy atom. The van der Waals surface area contributed by atoms with E-state index in [0.717, 1.165) is 12.5 Å². The summed E-state index contributed by atoms with van der Waals surface area (Å²) in [5.41, 5.74) is 2.87. The molecule has 2 rings (SSSR count). The molecule has 0 saturated heterocycles. The van der Waals surface area contributed by atoms with Gasteiger partial charge in [-0.25, -0.2) is 10.8 Å². The molecule has 2 aliphatic rings. The molecule has 0 aromatic carbocycles. The Hall–Kier alpha value is -0.770. The second-order valence-electron chi connectivity index (χ2n) is 5.97. The van der Waals surface area contributed by atoms with E-state index in [-0.39, 0.29) is 0 Å². The van der Waals surface area contributed by atoms with Crippen LogP contribution in [-0.4, -0.2) is 29.5 Å². The number of hydrogen-bond donors (Lipinski definition) is 2. The van der Waals surface area contributed by atoms with E-state index in [9.17, 15) is 0 Å². The van der Waals surface area contributed by atoms with E-state index >= 15 is 0 Å². The van der Waals surface area contributed by atoms with Crippen LogP contribution in [0.25, 0.3) is 0 Å². The molecule has 0 aliphatic heterocycles. The summed E-state index contributed by atoms with van der Waals surface area (Å²) in [6, 6.07) is 1.12. The second kappa shape index (κ2) is 7.73. The lowest BCUT2D eigenvalue weighted by atomic mass is 9.94. The van der Waals surface area contributed by atoms with Crippen molar-refractivity contribution in [1.82, 2.24) is 10.3 Å². The Balaban J connectivity index is 2.01. The van der Waals surface area contributed by atoms with E-state index in [1.165, 1.54) is 64.2 Å². The minimum Gasteiger partial charge on any atom is -0.339 e. The minimum atomic E-state index is 0.484. The van der Waals surface area contributed by atoms with Gasteiger partial charge in [-0.1, -0.05) is 38.5 Å². The smallest absolute Gasteiger partial charge is 0.208 e. The number of nitrogens with two attached hydrogens (primary N) is 1. The molecule has 4 heteroatoms. The molecule has 0 radical (unpaired) electrons. The van der Waals surface area contributed by atoms with Crippen LogP contribution in [0.3, 0.4) is 0 Å². The zero-order valence-electron chi connectivity index (χ0n) is 12.4. The van der Waals surface area contributed by atoms with Crippen molar-refractivity contribution in [3.63, 3.8) is 0 Å². The number of guanidine groups is 1. The van der Waals surface area contributed by atoms with Crippen LogP contribution in [-0.2, 0) is 0 Å². The number of nitrogens with one attached hydrogen (secondary N) is 1. The van der Waals surface area contributed by atoms with Crippen LogP contribution in [0.15, 0.2) is 4.99 Å². The lowest BCUT2D eigenvalue weighted by Gasteiger charge is -2.36. The lowest BCUT2D eigenvalue weighted by molar-refractivity contribution is 0.243. The fourth-order valence-corrected chi connectivity index (χ4v) is 3.55. The van der Waals surface area contributed by atoms with Crippen LogP contribution in [0, 0.1) is 0 Å². The standard InChI is InChI=1S/C15H30N4/c1-2-19(14-11-7-4-8-12-14)15(18-16)17-13-9-5-3-6-10-13/h13-14H,2-12,16H2,1H3,(H,17,18). The summed E-state index contributed by atoms with van der Waals surface area (Å²) in [6.45, 7) is 3.21. The predicted octanol–water partition coefficient (Wildman–Crippen LogP) is 2.79. The van der Waals surface area contributed by atoms with Gasteiger partial charge in [0.2, 0.25) is 5.96 Å². The Bertz CT molecular complexity index is 278. The highest BCUT2D eigenvalue weighted by molar-refractivity contribution is 5.79. The Morgan fingerprint density at radius 1 is 1.05 bits per heavy atom. The van der Waals surface area contributed by atoms with Crippen molar-refractivity contribution in [1.29, 1.82) is 0 Å². The van der Waals surface area contributed by atoms with Gasteiger partial charge in [-0.3, -0.25) is 5.43 Å². The first-order chi connectivity index (χ1) is 9.35. The monoisotopic (exact) mass is 266 g/mol. The van der Waals surface area contributed by atoms with E-state index in [1.807, 2.05) is 0 Å². The topological polar surface area (TPSA) is 53.6 Å². The first-order valence-corrected chi connectivity index (χ1v) is 8.16. The Labute approximate surface area is 117 Å². The van der Waals surface area contributed by atoms with Gasteiger partial charge < -0.3 is 4.90 Å². The summed E-state index contributed by atoms with van der Waals surface area (Å²) < 4.78 is 0. The molecule has 2 fully saturated rings. The van der Waals surface area contributed by atoms with Crippen LogP contribution in [0.4, 0.5) is 0 Å². The molecule has 0 amide bonds. The zero-order chi connectivity index (χ0) is 13.5. The average molecular weight is 266 g/mol. The molecule has 110 valence electrons. The molecule has 4 nitrogen and oxygen atoms in total. The lowest BCUT2D eigenvalue weighted by Crippen LogP contribution is -2.50. The maximum Gasteiger partial charge on any atom is 0.208 e. The van der Waals surface area contributed by atoms with Crippen LogP contribution in [0.2, 0.25) is 0 Å². The molecule has 19 heavy (non-hydrogen) atoms. The molecule has 0 aromatic heterocycles. The van der Waals surface area contributed by atoms with Gasteiger partial charge in [-0.2, -0.15) is 0 Å². The number of hydrazine groups is 1. The van der Waals surface area contributed by atoms with Crippen LogP contribution in [0.1, 0.15) is 71.1 Å². The molecule has 2 saturated carbocycles. The van der Waals surface area contributed by atoms with Crippen molar-refractivity contribution in [2.75, 3.05) is 6.54 Å². The van der Waals surface area contributed by atoms with E-state index < -0.39 is 0 Å². The Morgan fingerprint density at radius 2 is 1.63 bits per heavy atom. The highest BCUT2D eigenvalue weighted by atomic mass is 15.4. The number of nitrogens with zero attached hydrogens (tertiary/aromatic N) is 2. The fraction of sp³-hybridized carbons (Fsp3) is 0.933. The summed E-state index contributed by atoms with van der Waals surface area (Å²) >= 11 is 0. The van der Waals surface area contributed by atoms with Crippen molar-refractivity contribution < 1.29 is 0 Å². The van der Waals surface area contributed by atoms with Gasteiger partial charge in [0.05, 0.1) is 6.04 Å². The molecule has 0 aromatic rings. The van der Waals surface area contributed by atoms with Gasteiger partial charge in [0, 0.05) is 12.6 Å². The van der Waals surface area contributed by atoms with Gasteiger partial charge in [-0.05, 0) is 32.6 Å². The highest BCUT2D eigenvalue weighted by Crippen LogP contribution is 2.24. The number of rotatable bonds is 3. The van der Waals surface area contributed by atoms with E-state index in [4.69, 9.17) is 10.8 Å². The molecular weight excluding hydrogens is 236 g/mol. The molecule has 0 spiro atoms. The van der Waals surface area contributed by atoms with Crippen molar-refractivity contribution >= 4 is 5.96 Å². The van der Waals surface area contributed by atoms with Crippen LogP contribution < -0.4 is 11.3 Å². The summed E-state index contributed by atoms with van der Waals surface area (Å²) in [5, 5.41) is 0. The normalized spacial score (nSPS) is 23.4. The maximum atomic E-state index is 5.75. The maximum absolute atomic E-state index is 5.75. The van der Waals surface area contributed by atoms with Gasteiger partial charge >= 0.3 is 0 Å². The highest BCUT2D eigenvalue weighted by Gasteiger charge is 2.23. The van der Waals surface area contributed by atoms with Crippen molar-refractivity contribution in [2.45, 2.75) is 83.2 Å². The molecule has 0 bridgehead atoms. The van der Waals surface area contributed by atoms with Gasteiger partial charge in [0.25, 0.3) is 0 Å². The third-order valence-electron chi connectivity index (χ3n) is 4.64. The predicted molar refractivity (Wildman–Crippen MR) is 80.9 cm³/mol. The molecule has 2 aliphatic carbocycles. The fourth-order valence-electron chi connectivity index (χ4n) is 3.55. The molecule has 0 heterocycles. The van der Waals surface area contributed by atoms with Gasteiger partial charge in [0.15, 0.2) is 0 Å². The molecular formula is C15H30N4. The third kappa shape index (κ3) is 4.10. The van der Waals surface area contributed by atoms with Crippen molar-refractivity contribution in [3.8, 4) is 0 Å². The number of hydrogen-bond acceptors (Lipinski definition) is 2. The van der Waals surface area contributed by atoms with E-state index in [0.29, 0.717) is 12.1 Å². The summed E-state index contributed by atoms with van der Waals surface area (Å²) in [5.74, 6) is 6.68. The summed E-state index contributed by atoms with van der Waals surface area (Å²) in [6.07, 6.45) is 13.1. The number of aliphatic imine (C=N–C) groups is 1. The third-order valence-corrected chi connectivity index (χ3v) is 4.64. The first-order valence-electron chi connectivity index (χ1n) is 8.16. The first kappa shape index (κ1) is 14.6. The van der Waals surface area contributed by atoms with E-state index in [1.54, 1.807) is 0 Å². The zero-order valence-corrected chi connectivity index (χ0v) is 12.4.